The normalized spacial score (nSPS) is 21.3. The number of hydrogen-bond acceptors (Lipinski definition) is 6. The van der Waals surface area contributed by atoms with Crippen LogP contribution in [0.1, 0.15) is 28.2 Å². The molecule has 1 N–H and O–H groups in total. The van der Waals surface area contributed by atoms with E-state index in [2.05, 4.69) is 20.5 Å². The number of piperidine rings is 1. The molecule has 27 heavy (non-hydrogen) atoms. The number of amides is 2. The molecule has 0 spiro atoms. The van der Waals surface area contributed by atoms with Crippen molar-refractivity contribution < 1.29 is 9.59 Å². The second-order valence-electron chi connectivity index (χ2n) is 7.23. The zero-order valence-electron chi connectivity index (χ0n) is 15.2. The van der Waals surface area contributed by atoms with Crippen LogP contribution in [0, 0.1) is 5.92 Å². The van der Waals surface area contributed by atoms with Gasteiger partial charge in [-0.3, -0.25) is 19.2 Å². The Balaban J connectivity index is 1.32. The van der Waals surface area contributed by atoms with Crippen molar-refractivity contribution in [2.24, 2.45) is 5.92 Å². The van der Waals surface area contributed by atoms with Crippen molar-refractivity contribution in [1.29, 1.82) is 0 Å². The molecule has 2 aliphatic heterocycles. The summed E-state index contributed by atoms with van der Waals surface area (Å²) in [5, 5.41) is 13.3. The molecule has 2 saturated heterocycles. The van der Waals surface area contributed by atoms with Crippen LogP contribution in [0.4, 0.5) is 0 Å². The van der Waals surface area contributed by atoms with Crippen molar-refractivity contribution in [2.45, 2.75) is 25.9 Å². The topological polar surface area (TPSA) is 83.4 Å². The molecular formula is C18H24N6O2S. The first kappa shape index (κ1) is 18.1. The molecular weight excluding hydrogens is 364 g/mol. The van der Waals surface area contributed by atoms with Gasteiger partial charge in [0.25, 0.3) is 5.91 Å². The van der Waals surface area contributed by atoms with Crippen molar-refractivity contribution >= 4 is 23.2 Å². The highest BCUT2D eigenvalue weighted by molar-refractivity contribution is 7.12. The van der Waals surface area contributed by atoms with Gasteiger partial charge in [-0.05, 0) is 30.2 Å². The summed E-state index contributed by atoms with van der Waals surface area (Å²) >= 11 is 1.50. The zero-order chi connectivity index (χ0) is 18.6. The highest BCUT2D eigenvalue weighted by Gasteiger charge is 2.25. The maximum atomic E-state index is 12.6. The molecule has 4 heterocycles. The Bertz CT molecular complexity index is 790. The number of nitrogens with zero attached hydrogens (tertiary/aromatic N) is 5. The predicted molar refractivity (Wildman–Crippen MR) is 101 cm³/mol. The largest absolute Gasteiger partial charge is 0.354 e. The Morgan fingerprint density at radius 3 is 3.11 bits per heavy atom. The number of aromatic nitrogens is 3. The number of nitrogens with one attached hydrogen (secondary N) is 1. The highest BCUT2D eigenvalue weighted by Crippen LogP contribution is 2.21. The van der Waals surface area contributed by atoms with E-state index in [0.29, 0.717) is 25.6 Å². The predicted octanol–water partition coefficient (Wildman–Crippen LogP) is 0.824. The van der Waals surface area contributed by atoms with Crippen LogP contribution in [-0.2, 0) is 17.9 Å². The van der Waals surface area contributed by atoms with Crippen LogP contribution in [-0.4, -0.2) is 69.3 Å². The van der Waals surface area contributed by atoms with Gasteiger partial charge in [0.1, 0.15) is 0 Å². The van der Waals surface area contributed by atoms with Crippen LogP contribution in [0.15, 0.2) is 23.7 Å². The molecule has 2 amide bonds. The van der Waals surface area contributed by atoms with Crippen molar-refractivity contribution in [2.75, 3.05) is 32.7 Å². The van der Waals surface area contributed by atoms with E-state index in [-0.39, 0.29) is 11.8 Å². The molecule has 2 aromatic heterocycles. The van der Waals surface area contributed by atoms with Gasteiger partial charge in [-0.1, -0.05) is 11.3 Å². The number of thiophene rings is 1. The Hall–Kier alpha value is -2.26. The Labute approximate surface area is 162 Å². The Kier molecular flexibility index (Phi) is 5.49. The summed E-state index contributed by atoms with van der Waals surface area (Å²) in [5.74, 6) is 0.585. The lowest BCUT2D eigenvalue weighted by Gasteiger charge is -2.32. The fourth-order valence-corrected chi connectivity index (χ4v) is 4.47. The number of likely N-dealkylation sites (tertiary alicyclic amines) is 1. The molecule has 0 aromatic carbocycles. The van der Waals surface area contributed by atoms with E-state index < -0.39 is 0 Å². The minimum Gasteiger partial charge on any atom is -0.354 e. The van der Waals surface area contributed by atoms with Gasteiger partial charge in [0.2, 0.25) is 5.91 Å². The van der Waals surface area contributed by atoms with E-state index in [1.165, 1.54) is 11.3 Å². The van der Waals surface area contributed by atoms with Gasteiger partial charge < -0.3 is 10.2 Å². The standard InChI is InChI=1S/C18H24N6O2S/c25-17-13-22(7-5-19-17)11-15-12-24(21-20-15)10-14-3-1-6-23(9-14)18(26)16-4-2-8-27-16/h2,4,8,12,14H,1,3,5-7,9-11,13H2,(H,19,25). The molecule has 2 fully saturated rings. The summed E-state index contributed by atoms with van der Waals surface area (Å²) in [7, 11) is 0. The third kappa shape index (κ3) is 4.54. The summed E-state index contributed by atoms with van der Waals surface area (Å²) in [6, 6.07) is 3.81. The minimum atomic E-state index is 0.0614. The number of hydrogen-bond donors (Lipinski definition) is 1. The molecule has 2 aliphatic rings. The van der Waals surface area contributed by atoms with E-state index in [4.69, 9.17) is 0 Å². The third-order valence-electron chi connectivity index (χ3n) is 5.07. The fraction of sp³-hybridized carbons (Fsp3) is 0.556. The van der Waals surface area contributed by atoms with Crippen LogP contribution >= 0.6 is 11.3 Å². The van der Waals surface area contributed by atoms with Gasteiger partial charge >= 0.3 is 0 Å². The van der Waals surface area contributed by atoms with E-state index in [1.54, 1.807) is 0 Å². The second-order valence-corrected chi connectivity index (χ2v) is 8.18. The molecule has 0 saturated carbocycles. The maximum absolute atomic E-state index is 12.6. The van der Waals surface area contributed by atoms with Crippen molar-refractivity contribution in [3.05, 3.63) is 34.3 Å². The van der Waals surface area contributed by atoms with Gasteiger partial charge in [-0.15, -0.1) is 16.4 Å². The van der Waals surface area contributed by atoms with Crippen molar-refractivity contribution in [3.8, 4) is 0 Å². The maximum Gasteiger partial charge on any atom is 0.263 e. The Morgan fingerprint density at radius 2 is 2.30 bits per heavy atom. The summed E-state index contributed by atoms with van der Waals surface area (Å²) < 4.78 is 1.88. The van der Waals surface area contributed by atoms with Gasteiger partial charge in [0.15, 0.2) is 0 Å². The van der Waals surface area contributed by atoms with Crippen molar-refractivity contribution in [3.63, 3.8) is 0 Å². The van der Waals surface area contributed by atoms with E-state index in [1.807, 2.05) is 33.3 Å². The van der Waals surface area contributed by atoms with E-state index in [9.17, 15) is 9.59 Å². The first-order chi connectivity index (χ1) is 13.2. The lowest BCUT2D eigenvalue weighted by Crippen LogP contribution is -2.47. The van der Waals surface area contributed by atoms with Crippen LogP contribution < -0.4 is 5.32 Å². The molecule has 2 aromatic rings. The molecule has 1 atom stereocenters. The van der Waals surface area contributed by atoms with Crippen molar-refractivity contribution in [1.82, 2.24) is 30.1 Å². The molecule has 8 nitrogen and oxygen atoms in total. The Morgan fingerprint density at radius 1 is 1.37 bits per heavy atom. The number of carbonyl (C=O) groups is 2. The first-order valence-corrected chi connectivity index (χ1v) is 10.3. The molecule has 9 heteroatoms. The minimum absolute atomic E-state index is 0.0614. The van der Waals surface area contributed by atoms with Gasteiger partial charge in [0, 0.05) is 45.5 Å². The monoisotopic (exact) mass is 388 g/mol. The van der Waals surface area contributed by atoms with Gasteiger partial charge in [0.05, 0.1) is 17.1 Å². The van der Waals surface area contributed by atoms with Crippen LogP contribution in [0.25, 0.3) is 0 Å². The van der Waals surface area contributed by atoms with Crippen LogP contribution in [0.2, 0.25) is 0 Å². The summed E-state index contributed by atoms with van der Waals surface area (Å²) in [6.07, 6.45) is 4.08. The average molecular weight is 388 g/mol. The molecule has 0 radical (unpaired) electrons. The zero-order valence-corrected chi connectivity index (χ0v) is 16.0. The number of piperazine rings is 1. The quantitative estimate of drug-likeness (QED) is 0.820. The summed E-state index contributed by atoms with van der Waals surface area (Å²) in [4.78, 5) is 28.9. The molecule has 0 bridgehead atoms. The SMILES string of the molecule is O=C1CN(Cc2cn(CC3CCCN(C(=O)c4cccs4)C3)nn2)CCN1. The fourth-order valence-electron chi connectivity index (χ4n) is 3.77. The van der Waals surface area contributed by atoms with E-state index >= 15 is 0 Å². The molecule has 4 rings (SSSR count). The lowest BCUT2D eigenvalue weighted by molar-refractivity contribution is -0.124. The first-order valence-electron chi connectivity index (χ1n) is 9.38. The lowest BCUT2D eigenvalue weighted by atomic mass is 9.98. The van der Waals surface area contributed by atoms with E-state index in [0.717, 1.165) is 49.6 Å². The number of rotatable bonds is 5. The number of carbonyl (C=O) groups excluding carboxylic acids is 2. The smallest absolute Gasteiger partial charge is 0.263 e. The highest BCUT2D eigenvalue weighted by atomic mass is 32.1. The second kappa shape index (κ2) is 8.18. The third-order valence-corrected chi connectivity index (χ3v) is 5.93. The van der Waals surface area contributed by atoms with Gasteiger partial charge in [-0.2, -0.15) is 0 Å². The summed E-state index contributed by atoms with van der Waals surface area (Å²) in [5.41, 5.74) is 0.882. The van der Waals surface area contributed by atoms with Crippen LogP contribution in [0.5, 0.6) is 0 Å². The van der Waals surface area contributed by atoms with Gasteiger partial charge in [-0.25, -0.2) is 0 Å². The molecule has 1 unspecified atom stereocenters. The molecule has 144 valence electrons. The van der Waals surface area contributed by atoms with Crippen LogP contribution in [0.3, 0.4) is 0 Å². The summed E-state index contributed by atoms with van der Waals surface area (Å²) in [6.45, 7) is 4.92. The average Bonchev–Trinajstić information content (AvgIpc) is 3.34. The molecule has 0 aliphatic carbocycles.